The van der Waals surface area contributed by atoms with Crippen molar-refractivity contribution in [1.82, 2.24) is 0 Å². The Bertz CT molecular complexity index is 382. The van der Waals surface area contributed by atoms with Crippen molar-refractivity contribution < 1.29 is 9.13 Å². The fourth-order valence-electron chi connectivity index (χ4n) is 1.97. The number of methoxy groups -OCH3 is 1. The van der Waals surface area contributed by atoms with E-state index in [1.807, 2.05) is 11.9 Å². The van der Waals surface area contributed by atoms with Crippen LogP contribution in [0.15, 0.2) is 18.2 Å². The van der Waals surface area contributed by atoms with Gasteiger partial charge in [-0.2, -0.15) is 0 Å². The Morgan fingerprint density at radius 2 is 2.06 bits per heavy atom. The molecule has 2 N–H and O–H groups in total. The molecule has 0 aliphatic carbocycles. The molecule has 0 aliphatic heterocycles. The number of hydrogen-bond acceptors (Lipinski definition) is 3. The molecule has 0 fully saturated rings. The SMILES string of the molecule is COc1ccc(F)cc1N(C)CC(CN)C(C)C. The Morgan fingerprint density at radius 3 is 2.56 bits per heavy atom. The number of hydrogen-bond donors (Lipinski definition) is 1. The summed E-state index contributed by atoms with van der Waals surface area (Å²) in [7, 11) is 3.52. The monoisotopic (exact) mass is 254 g/mol. The van der Waals surface area contributed by atoms with Crippen molar-refractivity contribution in [3.8, 4) is 5.75 Å². The zero-order chi connectivity index (χ0) is 13.7. The molecule has 0 aromatic heterocycles. The van der Waals surface area contributed by atoms with Gasteiger partial charge in [-0.05, 0) is 30.5 Å². The van der Waals surface area contributed by atoms with Gasteiger partial charge in [0.15, 0.2) is 0 Å². The Morgan fingerprint density at radius 1 is 1.39 bits per heavy atom. The van der Waals surface area contributed by atoms with Gasteiger partial charge in [0.25, 0.3) is 0 Å². The van der Waals surface area contributed by atoms with E-state index in [1.165, 1.54) is 12.1 Å². The zero-order valence-electron chi connectivity index (χ0n) is 11.6. The molecule has 102 valence electrons. The van der Waals surface area contributed by atoms with Crippen molar-refractivity contribution in [3.05, 3.63) is 24.0 Å². The van der Waals surface area contributed by atoms with Crippen molar-refractivity contribution in [2.45, 2.75) is 13.8 Å². The third-order valence-corrected chi connectivity index (χ3v) is 3.31. The second kappa shape index (κ2) is 6.59. The average Bonchev–Trinajstić information content (AvgIpc) is 2.35. The van der Waals surface area contributed by atoms with Gasteiger partial charge in [-0.3, -0.25) is 0 Å². The second-order valence-corrected chi connectivity index (χ2v) is 4.94. The summed E-state index contributed by atoms with van der Waals surface area (Å²) in [5, 5.41) is 0. The number of rotatable bonds is 6. The minimum atomic E-state index is -0.258. The highest BCUT2D eigenvalue weighted by Crippen LogP contribution is 2.29. The molecule has 0 saturated heterocycles. The molecule has 3 nitrogen and oxygen atoms in total. The molecule has 1 rings (SSSR count). The molecule has 0 saturated carbocycles. The van der Waals surface area contributed by atoms with E-state index in [4.69, 9.17) is 10.5 Å². The minimum absolute atomic E-state index is 0.258. The Kier molecular flexibility index (Phi) is 5.41. The number of nitrogens with two attached hydrogens (primary N) is 1. The van der Waals surface area contributed by atoms with E-state index < -0.39 is 0 Å². The first-order valence-corrected chi connectivity index (χ1v) is 6.24. The number of ether oxygens (including phenoxy) is 1. The molecule has 1 unspecified atom stereocenters. The lowest BCUT2D eigenvalue weighted by Gasteiger charge is -2.28. The van der Waals surface area contributed by atoms with Crippen molar-refractivity contribution in [2.24, 2.45) is 17.6 Å². The molecule has 4 heteroatoms. The molecular formula is C14H23FN2O. The Balaban J connectivity index is 2.88. The molecule has 0 radical (unpaired) electrons. The molecule has 0 amide bonds. The van der Waals surface area contributed by atoms with Crippen LogP contribution in [0.25, 0.3) is 0 Å². The van der Waals surface area contributed by atoms with Gasteiger partial charge in [-0.1, -0.05) is 13.8 Å². The molecule has 1 aromatic rings. The normalized spacial score (nSPS) is 12.6. The third-order valence-electron chi connectivity index (χ3n) is 3.31. The van der Waals surface area contributed by atoms with Crippen molar-refractivity contribution >= 4 is 5.69 Å². The maximum Gasteiger partial charge on any atom is 0.142 e. The van der Waals surface area contributed by atoms with Gasteiger partial charge >= 0.3 is 0 Å². The van der Waals surface area contributed by atoms with Gasteiger partial charge in [-0.15, -0.1) is 0 Å². The summed E-state index contributed by atoms with van der Waals surface area (Å²) in [6.45, 7) is 5.70. The van der Waals surface area contributed by atoms with Crippen molar-refractivity contribution in [1.29, 1.82) is 0 Å². The van der Waals surface area contributed by atoms with Crippen LogP contribution in [-0.2, 0) is 0 Å². The number of halogens is 1. The van der Waals surface area contributed by atoms with Crippen molar-refractivity contribution in [2.75, 3.05) is 32.1 Å². The fraction of sp³-hybridized carbons (Fsp3) is 0.571. The largest absolute Gasteiger partial charge is 0.495 e. The smallest absolute Gasteiger partial charge is 0.142 e. The lowest BCUT2D eigenvalue weighted by atomic mass is 9.95. The molecule has 0 aliphatic rings. The molecule has 0 spiro atoms. The van der Waals surface area contributed by atoms with Crippen LogP contribution in [0, 0.1) is 17.7 Å². The molecule has 1 aromatic carbocycles. The first kappa shape index (κ1) is 14.8. The van der Waals surface area contributed by atoms with E-state index in [9.17, 15) is 4.39 Å². The van der Waals surface area contributed by atoms with Gasteiger partial charge in [0.2, 0.25) is 0 Å². The maximum atomic E-state index is 13.3. The first-order chi connectivity index (χ1) is 8.49. The quantitative estimate of drug-likeness (QED) is 0.847. The van der Waals surface area contributed by atoms with Gasteiger partial charge in [0.1, 0.15) is 11.6 Å². The highest BCUT2D eigenvalue weighted by atomic mass is 19.1. The van der Waals surface area contributed by atoms with E-state index in [-0.39, 0.29) is 5.82 Å². The maximum absolute atomic E-state index is 13.3. The summed E-state index contributed by atoms with van der Waals surface area (Å²) < 4.78 is 18.6. The lowest BCUT2D eigenvalue weighted by molar-refractivity contribution is 0.390. The number of benzene rings is 1. The van der Waals surface area contributed by atoms with Gasteiger partial charge < -0.3 is 15.4 Å². The van der Waals surface area contributed by atoms with Crippen LogP contribution in [0.3, 0.4) is 0 Å². The zero-order valence-corrected chi connectivity index (χ0v) is 11.6. The lowest BCUT2D eigenvalue weighted by Crippen LogP contribution is -2.33. The van der Waals surface area contributed by atoms with Crippen LogP contribution in [0.4, 0.5) is 10.1 Å². The molecular weight excluding hydrogens is 231 g/mol. The van der Waals surface area contributed by atoms with Gasteiger partial charge in [0.05, 0.1) is 12.8 Å². The Labute approximate surface area is 109 Å². The van der Waals surface area contributed by atoms with Crippen molar-refractivity contribution in [3.63, 3.8) is 0 Å². The van der Waals surface area contributed by atoms with E-state index >= 15 is 0 Å². The highest BCUT2D eigenvalue weighted by molar-refractivity contribution is 5.58. The molecule has 1 atom stereocenters. The summed E-state index contributed by atoms with van der Waals surface area (Å²) in [5.74, 6) is 1.30. The van der Waals surface area contributed by atoms with E-state index in [2.05, 4.69) is 13.8 Å². The average molecular weight is 254 g/mol. The summed E-state index contributed by atoms with van der Waals surface area (Å²) in [5.41, 5.74) is 6.53. The van der Waals surface area contributed by atoms with Crippen LogP contribution in [0.2, 0.25) is 0 Å². The topological polar surface area (TPSA) is 38.5 Å². The summed E-state index contributed by atoms with van der Waals surface area (Å²) in [6.07, 6.45) is 0. The summed E-state index contributed by atoms with van der Waals surface area (Å²) >= 11 is 0. The van der Waals surface area contributed by atoms with Crippen LogP contribution in [0.1, 0.15) is 13.8 Å². The highest BCUT2D eigenvalue weighted by Gasteiger charge is 2.17. The minimum Gasteiger partial charge on any atom is -0.495 e. The Hall–Kier alpha value is -1.29. The predicted octanol–water partition coefficient (Wildman–Crippen LogP) is 2.50. The standard InChI is InChI=1S/C14H23FN2O/c1-10(2)11(8-16)9-17(3)13-7-12(15)5-6-14(13)18-4/h5-7,10-11H,8-9,16H2,1-4H3. The summed E-state index contributed by atoms with van der Waals surface area (Å²) in [6, 6.07) is 4.54. The number of anilines is 1. The van der Waals surface area contributed by atoms with Gasteiger partial charge in [0, 0.05) is 19.7 Å². The van der Waals surface area contributed by atoms with Crippen LogP contribution < -0.4 is 15.4 Å². The van der Waals surface area contributed by atoms with Crippen LogP contribution in [0.5, 0.6) is 5.75 Å². The third kappa shape index (κ3) is 3.60. The van der Waals surface area contributed by atoms with E-state index in [0.717, 1.165) is 12.2 Å². The van der Waals surface area contributed by atoms with Crippen LogP contribution >= 0.6 is 0 Å². The summed E-state index contributed by atoms with van der Waals surface area (Å²) in [4.78, 5) is 2.00. The number of nitrogens with zero attached hydrogens (tertiary/aromatic N) is 1. The van der Waals surface area contributed by atoms with Crippen LogP contribution in [-0.4, -0.2) is 27.2 Å². The van der Waals surface area contributed by atoms with Gasteiger partial charge in [-0.25, -0.2) is 4.39 Å². The molecule has 0 bridgehead atoms. The molecule has 18 heavy (non-hydrogen) atoms. The molecule has 0 heterocycles. The fourth-order valence-corrected chi connectivity index (χ4v) is 1.97. The second-order valence-electron chi connectivity index (χ2n) is 4.94. The van der Waals surface area contributed by atoms with E-state index in [1.54, 1.807) is 13.2 Å². The van der Waals surface area contributed by atoms with E-state index in [0.29, 0.717) is 24.1 Å². The first-order valence-electron chi connectivity index (χ1n) is 6.24. The predicted molar refractivity (Wildman–Crippen MR) is 73.6 cm³/mol.